The lowest BCUT2D eigenvalue weighted by Crippen LogP contribution is -2.31. The average molecular weight is 173 g/mol. The number of hydrogen-bond acceptors (Lipinski definition) is 2. The second-order valence-electron chi connectivity index (χ2n) is 3.17. The van der Waals surface area contributed by atoms with E-state index in [1.54, 1.807) is 0 Å². The molecule has 0 amide bonds. The van der Waals surface area contributed by atoms with Crippen LogP contribution in [-0.2, 0) is 4.79 Å². The van der Waals surface area contributed by atoms with Gasteiger partial charge in [0.15, 0.2) is 0 Å². The SMILES string of the molecule is CCCCCC(C)NCC(=O)O. The van der Waals surface area contributed by atoms with Gasteiger partial charge in [-0.05, 0) is 13.3 Å². The third-order valence-corrected chi connectivity index (χ3v) is 1.84. The van der Waals surface area contributed by atoms with Crippen LogP contribution in [0.4, 0.5) is 0 Å². The van der Waals surface area contributed by atoms with E-state index < -0.39 is 5.97 Å². The van der Waals surface area contributed by atoms with Crippen LogP contribution in [0.1, 0.15) is 39.5 Å². The summed E-state index contributed by atoms with van der Waals surface area (Å²) in [7, 11) is 0. The first kappa shape index (κ1) is 11.4. The fourth-order valence-corrected chi connectivity index (χ4v) is 1.06. The highest BCUT2D eigenvalue weighted by Crippen LogP contribution is 2.02. The Bertz CT molecular complexity index is 126. The summed E-state index contributed by atoms with van der Waals surface area (Å²) in [6, 6.07) is 0.327. The van der Waals surface area contributed by atoms with Crippen molar-refractivity contribution in [2.45, 2.75) is 45.6 Å². The second-order valence-corrected chi connectivity index (χ2v) is 3.17. The van der Waals surface area contributed by atoms with Gasteiger partial charge in [-0.25, -0.2) is 0 Å². The minimum Gasteiger partial charge on any atom is -0.480 e. The number of carboxylic acids is 1. The third-order valence-electron chi connectivity index (χ3n) is 1.84. The van der Waals surface area contributed by atoms with Crippen LogP contribution in [0, 0.1) is 0 Å². The summed E-state index contributed by atoms with van der Waals surface area (Å²) < 4.78 is 0. The molecule has 3 heteroatoms. The van der Waals surface area contributed by atoms with Gasteiger partial charge in [-0.2, -0.15) is 0 Å². The first-order valence-corrected chi connectivity index (χ1v) is 4.62. The Morgan fingerprint density at radius 2 is 2.17 bits per heavy atom. The molecule has 0 saturated carbocycles. The molecule has 0 aliphatic rings. The predicted molar refractivity (Wildman–Crippen MR) is 49.2 cm³/mol. The van der Waals surface area contributed by atoms with E-state index in [4.69, 9.17) is 5.11 Å². The maximum absolute atomic E-state index is 10.2. The molecule has 0 aromatic rings. The number of hydrogen-bond donors (Lipinski definition) is 2. The molecule has 0 aromatic heterocycles. The van der Waals surface area contributed by atoms with Gasteiger partial charge < -0.3 is 10.4 Å². The highest BCUT2D eigenvalue weighted by atomic mass is 16.4. The number of unbranched alkanes of at least 4 members (excludes halogenated alkanes) is 2. The minimum atomic E-state index is -0.780. The van der Waals surface area contributed by atoms with Gasteiger partial charge in [0.1, 0.15) is 0 Å². The van der Waals surface area contributed by atoms with Crippen molar-refractivity contribution in [2.75, 3.05) is 6.54 Å². The van der Waals surface area contributed by atoms with Gasteiger partial charge in [0.2, 0.25) is 0 Å². The lowest BCUT2D eigenvalue weighted by Gasteiger charge is -2.10. The molecule has 1 unspecified atom stereocenters. The summed E-state index contributed by atoms with van der Waals surface area (Å²) in [4.78, 5) is 10.2. The van der Waals surface area contributed by atoms with Crippen LogP contribution in [0.25, 0.3) is 0 Å². The summed E-state index contributed by atoms with van der Waals surface area (Å²) in [5, 5.41) is 11.3. The van der Waals surface area contributed by atoms with Crippen molar-refractivity contribution in [3.05, 3.63) is 0 Å². The van der Waals surface area contributed by atoms with Crippen LogP contribution >= 0.6 is 0 Å². The van der Waals surface area contributed by atoms with Crippen LogP contribution in [0.15, 0.2) is 0 Å². The summed E-state index contributed by atoms with van der Waals surface area (Å²) in [6.07, 6.45) is 4.70. The van der Waals surface area contributed by atoms with E-state index in [0.29, 0.717) is 6.04 Å². The molecule has 0 heterocycles. The van der Waals surface area contributed by atoms with E-state index in [9.17, 15) is 4.79 Å². The molecule has 0 spiro atoms. The fraction of sp³-hybridized carbons (Fsp3) is 0.889. The van der Waals surface area contributed by atoms with Crippen molar-refractivity contribution >= 4 is 5.97 Å². The number of aliphatic carboxylic acids is 1. The van der Waals surface area contributed by atoms with E-state index in [2.05, 4.69) is 12.2 Å². The monoisotopic (exact) mass is 173 g/mol. The van der Waals surface area contributed by atoms with E-state index in [-0.39, 0.29) is 6.54 Å². The van der Waals surface area contributed by atoms with E-state index in [1.807, 2.05) is 6.92 Å². The molecule has 0 rings (SSSR count). The van der Waals surface area contributed by atoms with Gasteiger partial charge in [0.25, 0.3) is 0 Å². The van der Waals surface area contributed by atoms with Crippen molar-refractivity contribution < 1.29 is 9.90 Å². The summed E-state index contributed by atoms with van der Waals surface area (Å²) in [6.45, 7) is 4.27. The standard InChI is InChI=1S/C9H19NO2/c1-3-4-5-6-8(2)10-7-9(11)12/h8,10H,3-7H2,1-2H3,(H,11,12). The number of carbonyl (C=O) groups is 1. The fourth-order valence-electron chi connectivity index (χ4n) is 1.06. The molecule has 3 nitrogen and oxygen atoms in total. The van der Waals surface area contributed by atoms with Crippen molar-refractivity contribution in [1.29, 1.82) is 0 Å². The zero-order valence-corrected chi connectivity index (χ0v) is 7.97. The van der Waals surface area contributed by atoms with Gasteiger partial charge >= 0.3 is 5.97 Å². The van der Waals surface area contributed by atoms with Crippen LogP contribution in [0.2, 0.25) is 0 Å². The molecule has 12 heavy (non-hydrogen) atoms. The lowest BCUT2D eigenvalue weighted by molar-refractivity contribution is -0.136. The van der Waals surface area contributed by atoms with Gasteiger partial charge in [0, 0.05) is 6.04 Å². The molecule has 0 radical (unpaired) electrons. The smallest absolute Gasteiger partial charge is 0.317 e. The summed E-state index contributed by atoms with van der Waals surface area (Å²) in [5.74, 6) is -0.780. The van der Waals surface area contributed by atoms with Crippen molar-refractivity contribution in [3.63, 3.8) is 0 Å². The third kappa shape index (κ3) is 7.54. The highest BCUT2D eigenvalue weighted by molar-refractivity contribution is 5.69. The average Bonchev–Trinajstić information content (AvgIpc) is 2.01. The first-order chi connectivity index (χ1) is 5.66. The van der Waals surface area contributed by atoms with E-state index in [1.165, 1.54) is 19.3 Å². The van der Waals surface area contributed by atoms with Gasteiger partial charge in [-0.1, -0.05) is 26.2 Å². The number of nitrogens with one attached hydrogen (secondary N) is 1. The molecule has 0 aliphatic carbocycles. The van der Waals surface area contributed by atoms with Crippen molar-refractivity contribution in [3.8, 4) is 0 Å². The number of carboxylic acid groups (broad SMARTS) is 1. The van der Waals surface area contributed by atoms with Gasteiger partial charge in [-0.3, -0.25) is 4.79 Å². The molecule has 1 atom stereocenters. The maximum atomic E-state index is 10.2. The molecular formula is C9H19NO2. The minimum absolute atomic E-state index is 0.0767. The quantitative estimate of drug-likeness (QED) is 0.575. The zero-order valence-electron chi connectivity index (χ0n) is 7.97. The highest BCUT2D eigenvalue weighted by Gasteiger charge is 2.02. The first-order valence-electron chi connectivity index (χ1n) is 4.62. The molecule has 0 aromatic carbocycles. The molecule has 72 valence electrons. The Hall–Kier alpha value is -0.570. The second kappa shape index (κ2) is 7.10. The molecule has 0 fully saturated rings. The largest absolute Gasteiger partial charge is 0.480 e. The summed E-state index contributed by atoms with van der Waals surface area (Å²) in [5.41, 5.74) is 0. The number of rotatable bonds is 7. The topological polar surface area (TPSA) is 49.3 Å². The zero-order chi connectivity index (χ0) is 9.40. The lowest BCUT2D eigenvalue weighted by atomic mass is 10.1. The maximum Gasteiger partial charge on any atom is 0.317 e. The molecular weight excluding hydrogens is 154 g/mol. The normalized spacial score (nSPS) is 12.8. The van der Waals surface area contributed by atoms with Crippen LogP contribution in [-0.4, -0.2) is 23.7 Å². The molecule has 2 N–H and O–H groups in total. The van der Waals surface area contributed by atoms with Crippen LogP contribution in [0.5, 0.6) is 0 Å². The van der Waals surface area contributed by atoms with Crippen LogP contribution in [0.3, 0.4) is 0 Å². The Kier molecular flexibility index (Phi) is 6.76. The van der Waals surface area contributed by atoms with E-state index >= 15 is 0 Å². The van der Waals surface area contributed by atoms with Crippen molar-refractivity contribution in [2.24, 2.45) is 0 Å². The Labute approximate surface area is 74.2 Å². The summed E-state index contributed by atoms with van der Waals surface area (Å²) >= 11 is 0. The predicted octanol–water partition coefficient (Wildman–Crippen LogP) is 1.63. The van der Waals surface area contributed by atoms with Gasteiger partial charge in [0.05, 0.1) is 6.54 Å². The van der Waals surface area contributed by atoms with Crippen LogP contribution < -0.4 is 5.32 Å². The molecule has 0 bridgehead atoms. The van der Waals surface area contributed by atoms with Crippen molar-refractivity contribution in [1.82, 2.24) is 5.32 Å². The molecule has 0 saturated heterocycles. The van der Waals surface area contributed by atoms with Gasteiger partial charge in [-0.15, -0.1) is 0 Å². The Morgan fingerprint density at radius 3 is 2.67 bits per heavy atom. The molecule has 0 aliphatic heterocycles. The Morgan fingerprint density at radius 1 is 1.50 bits per heavy atom. The van der Waals surface area contributed by atoms with E-state index in [0.717, 1.165) is 6.42 Å². The Balaban J connectivity index is 3.21.